The fourth-order valence-electron chi connectivity index (χ4n) is 3.92. The van der Waals surface area contributed by atoms with Crippen molar-refractivity contribution in [2.45, 2.75) is 44.1 Å². The fraction of sp³-hybridized carbons (Fsp3) is 0.435. The minimum atomic E-state index is -3.09. The number of halogens is 2. The molecule has 0 radical (unpaired) electrons. The Bertz CT molecular complexity index is 1030. The first-order valence-electron chi connectivity index (χ1n) is 10.8. The van der Waals surface area contributed by atoms with Gasteiger partial charge in [-0.05, 0) is 37.1 Å². The zero-order valence-corrected chi connectivity index (χ0v) is 18.3. The second-order valence-corrected chi connectivity index (χ2v) is 8.12. The van der Waals surface area contributed by atoms with E-state index in [1.807, 2.05) is 13.2 Å². The molecule has 1 saturated carbocycles. The molecule has 2 N–H and O–H groups in total. The van der Waals surface area contributed by atoms with Crippen molar-refractivity contribution in [1.82, 2.24) is 19.7 Å². The number of hydrogen-bond acceptors (Lipinski definition) is 6. The Morgan fingerprint density at radius 1 is 1.12 bits per heavy atom. The van der Waals surface area contributed by atoms with Gasteiger partial charge < -0.3 is 15.4 Å². The molecule has 2 aromatic heterocycles. The number of alkyl halides is 2. The molecule has 0 spiro atoms. The quantitative estimate of drug-likeness (QED) is 0.520. The number of anilines is 2. The van der Waals surface area contributed by atoms with E-state index in [4.69, 9.17) is 4.74 Å². The van der Waals surface area contributed by atoms with E-state index in [0.717, 1.165) is 24.0 Å². The molecule has 7 nitrogen and oxygen atoms in total. The summed E-state index contributed by atoms with van der Waals surface area (Å²) in [5, 5.41) is 10.4. The molecule has 0 amide bonds. The van der Waals surface area contributed by atoms with Gasteiger partial charge in [0, 0.05) is 42.2 Å². The Morgan fingerprint density at radius 3 is 2.53 bits per heavy atom. The predicted octanol–water partition coefficient (Wildman–Crippen LogP) is 4.83. The standard InChI is InChI=1S/C23H28F2N6O/c1-31-14-16(12-28-31)20-13-26-22(30-21(20)29-18-6-4-3-5-7-18)27-15-23(24,25)17-8-10-19(32-2)11-9-17/h8-14,18H,3-7,15H2,1-2H3,(H2,26,27,29,30). The highest BCUT2D eigenvalue weighted by atomic mass is 19.3. The lowest BCUT2D eigenvalue weighted by atomic mass is 9.95. The third kappa shape index (κ3) is 5.15. The maximum absolute atomic E-state index is 14.7. The first kappa shape index (κ1) is 22.0. The second kappa shape index (κ2) is 9.50. The minimum absolute atomic E-state index is 0.0988. The van der Waals surface area contributed by atoms with E-state index in [0.29, 0.717) is 17.6 Å². The first-order valence-corrected chi connectivity index (χ1v) is 10.8. The van der Waals surface area contributed by atoms with E-state index in [9.17, 15) is 8.78 Å². The third-order valence-corrected chi connectivity index (χ3v) is 5.73. The molecule has 9 heteroatoms. The van der Waals surface area contributed by atoms with E-state index in [1.165, 1.54) is 50.6 Å². The van der Waals surface area contributed by atoms with E-state index < -0.39 is 12.5 Å². The van der Waals surface area contributed by atoms with Gasteiger partial charge in [0.15, 0.2) is 0 Å². The monoisotopic (exact) mass is 442 g/mol. The topological polar surface area (TPSA) is 76.9 Å². The predicted molar refractivity (Wildman–Crippen MR) is 120 cm³/mol. The molecular formula is C23H28F2N6O. The van der Waals surface area contributed by atoms with Crippen molar-refractivity contribution in [3.63, 3.8) is 0 Å². The largest absolute Gasteiger partial charge is 0.497 e. The Kier molecular flexibility index (Phi) is 6.53. The molecule has 0 atom stereocenters. The van der Waals surface area contributed by atoms with Crippen molar-refractivity contribution in [2.75, 3.05) is 24.3 Å². The molecule has 0 saturated heterocycles. The molecule has 1 fully saturated rings. The summed E-state index contributed by atoms with van der Waals surface area (Å²) in [6.07, 6.45) is 11.0. The van der Waals surface area contributed by atoms with Gasteiger partial charge in [0.05, 0.1) is 19.9 Å². The van der Waals surface area contributed by atoms with Gasteiger partial charge >= 0.3 is 0 Å². The molecule has 32 heavy (non-hydrogen) atoms. The lowest BCUT2D eigenvalue weighted by molar-refractivity contribution is 0.0104. The van der Waals surface area contributed by atoms with E-state index >= 15 is 0 Å². The smallest absolute Gasteiger partial charge is 0.290 e. The van der Waals surface area contributed by atoms with Crippen LogP contribution in [0.15, 0.2) is 42.9 Å². The van der Waals surface area contributed by atoms with Gasteiger partial charge in [0.2, 0.25) is 5.95 Å². The van der Waals surface area contributed by atoms with Crippen LogP contribution in [0.5, 0.6) is 5.75 Å². The van der Waals surface area contributed by atoms with Crippen molar-refractivity contribution in [3.05, 3.63) is 48.4 Å². The molecule has 1 aromatic carbocycles. The molecule has 0 unspecified atom stereocenters. The van der Waals surface area contributed by atoms with Gasteiger partial charge in [-0.1, -0.05) is 19.3 Å². The van der Waals surface area contributed by atoms with Gasteiger partial charge in [0.25, 0.3) is 5.92 Å². The van der Waals surface area contributed by atoms with Crippen LogP contribution in [0.4, 0.5) is 20.5 Å². The van der Waals surface area contributed by atoms with Crippen LogP contribution < -0.4 is 15.4 Å². The molecular weight excluding hydrogens is 414 g/mol. The molecule has 2 heterocycles. The van der Waals surface area contributed by atoms with Crippen LogP contribution in [-0.2, 0) is 13.0 Å². The van der Waals surface area contributed by atoms with Crippen LogP contribution in [0, 0.1) is 0 Å². The van der Waals surface area contributed by atoms with E-state index in [-0.39, 0.29) is 11.5 Å². The highest BCUT2D eigenvalue weighted by Crippen LogP contribution is 2.32. The van der Waals surface area contributed by atoms with Crippen LogP contribution in [0.1, 0.15) is 37.7 Å². The molecule has 1 aliphatic rings. The summed E-state index contributed by atoms with van der Waals surface area (Å²) in [5.41, 5.74) is 1.58. The Morgan fingerprint density at radius 2 is 1.88 bits per heavy atom. The number of ether oxygens (including phenoxy) is 1. The van der Waals surface area contributed by atoms with Gasteiger partial charge in [-0.15, -0.1) is 0 Å². The Hall–Kier alpha value is -3.23. The number of benzene rings is 1. The average molecular weight is 443 g/mol. The van der Waals surface area contributed by atoms with Crippen molar-refractivity contribution < 1.29 is 13.5 Å². The van der Waals surface area contributed by atoms with Crippen LogP contribution in [0.2, 0.25) is 0 Å². The maximum Gasteiger partial charge on any atom is 0.290 e. The highest BCUT2D eigenvalue weighted by Gasteiger charge is 2.31. The third-order valence-electron chi connectivity index (χ3n) is 5.73. The van der Waals surface area contributed by atoms with Gasteiger partial charge in [-0.25, -0.2) is 4.98 Å². The summed E-state index contributed by atoms with van der Waals surface area (Å²) in [7, 11) is 3.34. The lowest BCUT2D eigenvalue weighted by Gasteiger charge is -2.24. The van der Waals surface area contributed by atoms with Gasteiger partial charge in [-0.2, -0.15) is 18.9 Å². The SMILES string of the molecule is COc1ccc(C(F)(F)CNc2ncc(-c3cnn(C)c3)c(NC3CCCCC3)n2)cc1. The van der Waals surface area contributed by atoms with Crippen LogP contribution in [-0.4, -0.2) is 39.4 Å². The molecule has 0 bridgehead atoms. The summed E-state index contributed by atoms with van der Waals surface area (Å²) in [4.78, 5) is 8.84. The Labute approximate surface area is 186 Å². The van der Waals surface area contributed by atoms with Crippen molar-refractivity contribution >= 4 is 11.8 Å². The number of methoxy groups -OCH3 is 1. The van der Waals surface area contributed by atoms with Crippen molar-refractivity contribution in [2.24, 2.45) is 7.05 Å². The van der Waals surface area contributed by atoms with E-state index in [1.54, 1.807) is 17.1 Å². The normalized spacial score (nSPS) is 14.9. The number of nitrogens with one attached hydrogen (secondary N) is 2. The van der Waals surface area contributed by atoms with Crippen LogP contribution in [0.25, 0.3) is 11.1 Å². The number of aromatic nitrogens is 4. The molecule has 3 aromatic rings. The van der Waals surface area contributed by atoms with Gasteiger partial charge in [0.1, 0.15) is 11.6 Å². The van der Waals surface area contributed by atoms with Gasteiger partial charge in [-0.3, -0.25) is 4.68 Å². The maximum atomic E-state index is 14.7. The number of nitrogens with zero attached hydrogens (tertiary/aromatic N) is 4. The van der Waals surface area contributed by atoms with E-state index in [2.05, 4.69) is 25.7 Å². The lowest BCUT2D eigenvalue weighted by Crippen LogP contribution is -2.26. The number of hydrogen-bond donors (Lipinski definition) is 2. The molecule has 4 rings (SSSR count). The summed E-state index contributed by atoms with van der Waals surface area (Å²) in [6, 6.07) is 6.08. The number of rotatable bonds is 8. The fourth-order valence-corrected chi connectivity index (χ4v) is 3.92. The number of aryl methyl sites for hydroxylation is 1. The molecule has 0 aliphatic heterocycles. The minimum Gasteiger partial charge on any atom is -0.497 e. The zero-order valence-electron chi connectivity index (χ0n) is 18.3. The van der Waals surface area contributed by atoms with Crippen LogP contribution >= 0.6 is 0 Å². The Balaban J connectivity index is 1.53. The van der Waals surface area contributed by atoms with Crippen LogP contribution in [0.3, 0.4) is 0 Å². The zero-order chi connectivity index (χ0) is 22.6. The molecule has 170 valence electrons. The summed E-state index contributed by atoms with van der Waals surface area (Å²) in [5.74, 6) is -1.77. The second-order valence-electron chi connectivity index (χ2n) is 8.12. The summed E-state index contributed by atoms with van der Waals surface area (Å²) < 4.78 is 36.2. The summed E-state index contributed by atoms with van der Waals surface area (Å²) >= 11 is 0. The average Bonchev–Trinajstić information content (AvgIpc) is 3.24. The van der Waals surface area contributed by atoms with Crippen molar-refractivity contribution in [3.8, 4) is 16.9 Å². The first-order chi connectivity index (χ1) is 15.4. The van der Waals surface area contributed by atoms with Crippen molar-refractivity contribution in [1.29, 1.82) is 0 Å². The summed E-state index contributed by atoms with van der Waals surface area (Å²) in [6.45, 7) is -0.617. The molecule has 1 aliphatic carbocycles. The highest BCUT2D eigenvalue weighted by molar-refractivity contribution is 5.74.